The van der Waals surface area contributed by atoms with Crippen molar-refractivity contribution in [2.75, 3.05) is 0 Å². The number of nitrogens with zero attached hydrogens (tertiary/aromatic N) is 2. The SMILES string of the molecule is Cc1ncncc1C(=O)NCc1ccco1. The van der Waals surface area contributed by atoms with Gasteiger partial charge in [-0.1, -0.05) is 0 Å². The van der Waals surface area contributed by atoms with Crippen molar-refractivity contribution in [1.82, 2.24) is 15.3 Å². The standard InChI is InChI=1S/C11H11N3O2/c1-8-10(6-12-7-14-8)11(15)13-5-9-3-2-4-16-9/h2-4,6-7H,5H2,1H3,(H,13,15). The minimum atomic E-state index is -0.200. The van der Waals surface area contributed by atoms with Gasteiger partial charge in [0.25, 0.3) is 5.91 Å². The highest BCUT2D eigenvalue weighted by Crippen LogP contribution is 2.03. The van der Waals surface area contributed by atoms with Crippen LogP contribution < -0.4 is 5.32 Å². The number of furan rings is 1. The Morgan fingerprint density at radius 1 is 1.56 bits per heavy atom. The van der Waals surface area contributed by atoms with Crippen molar-refractivity contribution in [2.45, 2.75) is 13.5 Å². The normalized spacial score (nSPS) is 10.1. The van der Waals surface area contributed by atoms with Crippen molar-refractivity contribution < 1.29 is 9.21 Å². The number of carbonyl (C=O) groups is 1. The number of aryl methyl sites for hydroxylation is 1. The number of amides is 1. The maximum atomic E-state index is 11.7. The molecule has 0 aliphatic carbocycles. The van der Waals surface area contributed by atoms with Gasteiger partial charge in [-0.2, -0.15) is 0 Å². The maximum Gasteiger partial charge on any atom is 0.255 e. The molecule has 0 aromatic carbocycles. The lowest BCUT2D eigenvalue weighted by molar-refractivity contribution is 0.0946. The van der Waals surface area contributed by atoms with E-state index in [0.29, 0.717) is 23.6 Å². The smallest absolute Gasteiger partial charge is 0.255 e. The average Bonchev–Trinajstić information content (AvgIpc) is 2.79. The predicted octanol–water partition coefficient (Wildman–Crippen LogP) is 1.31. The van der Waals surface area contributed by atoms with Gasteiger partial charge >= 0.3 is 0 Å². The molecule has 5 heteroatoms. The molecule has 0 saturated carbocycles. The Kier molecular flexibility index (Phi) is 2.95. The fraction of sp³-hybridized carbons (Fsp3) is 0.182. The van der Waals surface area contributed by atoms with E-state index in [-0.39, 0.29) is 5.91 Å². The summed E-state index contributed by atoms with van der Waals surface area (Å²) < 4.78 is 5.10. The number of rotatable bonds is 3. The van der Waals surface area contributed by atoms with Crippen LogP contribution >= 0.6 is 0 Å². The van der Waals surface area contributed by atoms with Crippen molar-refractivity contribution in [1.29, 1.82) is 0 Å². The minimum Gasteiger partial charge on any atom is -0.467 e. The van der Waals surface area contributed by atoms with Crippen LogP contribution in [0.3, 0.4) is 0 Å². The summed E-state index contributed by atoms with van der Waals surface area (Å²) in [6, 6.07) is 3.58. The van der Waals surface area contributed by atoms with Crippen LogP contribution in [0.4, 0.5) is 0 Å². The lowest BCUT2D eigenvalue weighted by atomic mass is 10.2. The van der Waals surface area contributed by atoms with E-state index in [2.05, 4.69) is 15.3 Å². The maximum absolute atomic E-state index is 11.7. The molecule has 0 radical (unpaired) electrons. The van der Waals surface area contributed by atoms with Gasteiger partial charge in [-0.3, -0.25) is 4.79 Å². The number of nitrogens with one attached hydrogen (secondary N) is 1. The predicted molar refractivity (Wildman–Crippen MR) is 56.6 cm³/mol. The highest BCUT2D eigenvalue weighted by molar-refractivity contribution is 5.94. The molecule has 5 nitrogen and oxygen atoms in total. The van der Waals surface area contributed by atoms with Gasteiger partial charge in [0.1, 0.15) is 12.1 Å². The van der Waals surface area contributed by atoms with E-state index in [4.69, 9.17) is 4.42 Å². The zero-order valence-electron chi connectivity index (χ0n) is 8.80. The van der Waals surface area contributed by atoms with Gasteiger partial charge in [0.15, 0.2) is 0 Å². The molecule has 82 valence electrons. The molecular weight excluding hydrogens is 206 g/mol. The molecule has 1 N–H and O–H groups in total. The van der Waals surface area contributed by atoms with Crippen LogP contribution in [0, 0.1) is 6.92 Å². The lowest BCUT2D eigenvalue weighted by Gasteiger charge is -2.04. The molecule has 16 heavy (non-hydrogen) atoms. The average molecular weight is 217 g/mol. The molecule has 0 unspecified atom stereocenters. The third-order valence-electron chi connectivity index (χ3n) is 2.16. The molecule has 2 aromatic heterocycles. The van der Waals surface area contributed by atoms with E-state index < -0.39 is 0 Å². The van der Waals surface area contributed by atoms with E-state index in [9.17, 15) is 4.79 Å². The van der Waals surface area contributed by atoms with Crippen molar-refractivity contribution in [3.8, 4) is 0 Å². The fourth-order valence-corrected chi connectivity index (χ4v) is 1.29. The van der Waals surface area contributed by atoms with Crippen LogP contribution in [0.15, 0.2) is 35.3 Å². The van der Waals surface area contributed by atoms with Crippen molar-refractivity contribution >= 4 is 5.91 Å². The molecule has 0 atom stereocenters. The first-order chi connectivity index (χ1) is 7.77. The zero-order chi connectivity index (χ0) is 11.4. The minimum absolute atomic E-state index is 0.200. The summed E-state index contributed by atoms with van der Waals surface area (Å²) in [6.45, 7) is 2.13. The van der Waals surface area contributed by atoms with Crippen LogP contribution in [0.5, 0.6) is 0 Å². The quantitative estimate of drug-likeness (QED) is 0.841. The van der Waals surface area contributed by atoms with E-state index in [0.717, 1.165) is 0 Å². The van der Waals surface area contributed by atoms with E-state index >= 15 is 0 Å². The Hall–Kier alpha value is -2.17. The van der Waals surface area contributed by atoms with Gasteiger partial charge in [0, 0.05) is 6.20 Å². The summed E-state index contributed by atoms with van der Waals surface area (Å²) in [7, 11) is 0. The van der Waals surface area contributed by atoms with E-state index in [1.54, 1.807) is 25.3 Å². The number of aromatic nitrogens is 2. The molecular formula is C11H11N3O2. The summed E-state index contributed by atoms with van der Waals surface area (Å²) in [6.07, 6.45) is 4.48. The summed E-state index contributed by atoms with van der Waals surface area (Å²) in [5.41, 5.74) is 1.14. The van der Waals surface area contributed by atoms with Crippen LogP contribution in [-0.2, 0) is 6.54 Å². The molecule has 0 bridgehead atoms. The van der Waals surface area contributed by atoms with Crippen LogP contribution in [0.1, 0.15) is 21.8 Å². The third kappa shape index (κ3) is 2.25. The zero-order valence-corrected chi connectivity index (χ0v) is 8.80. The van der Waals surface area contributed by atoms with Gasteiger partial charge in [0.05, 0.1) is 24.1 Å². The first-order valence-electron chi connectivity index (χ1n) is 4.84. The second-order valence-electron chi connectivity index (χ2n) is 3.28. The van der Waals surface area contributed by atoms with E-state index in [1.807, 2.05) is 0 Å². The number of hydrogen-bond acceptors (Lipinski definition) is 4. The molecule has 0 aliphatic heterocycles. The molecule has 0 aliphatic rings. The Labute approximate surface area is 92.5 Å². The van der Waals surface area contributed by atoms with Gasteiger partial charge in [-0.15, -0.1) is 0 Å². The third-order valence-corrected chi connectivity index (χ3v) is 2.16. The Balaban J connectivity index is 2.01. The van der Waals surface area contributed by atoms with Crippen molar-refractivity contribution in [3.63, 3.8) is 0 Å². The highest BCUT2D eigenvalue weighted by atomic mass is 16.3. The Morgan fingerprint density at radius 2 is 2.44 bits per heavy atom. The highest BCUT2D eigenvalue weighted by Gasteiger charge is 2.09. The molecule has 2 aromatic rings. The largest absolute Gasteiger partial charge is 0.467 e. The fourth-order valence-electron chi connectivity index (χ4n) is 1.29. The van der Waals surface area contributed by atoms with E-state index in [1.165, 1.54) is 12.5 Å². The van der Waals surface area contributed by atoms with Crippen molar-refractivity contribution in [3.05, 3.63) is 47.9 Å². The molecule has 2 rings (SSSR count). The monoisotopic (exact) mass is 217 g/mol. The second kappa shape index (κ2) is 4.57. The lowest BCUT2D eigenvalue weighted by Crippen LogP contribution is -2.23. The van der Waals surface area contributed by atoms with Crippen molar-refractivity contribution in [2.24, 2.45) is 0 Å². The topological polar surface area (TPSA) is 68.0 Å². The van der Waals surface area contributed by atoms with Gasteiger partial charge in [0.2, 0.25) is 0 Å². The summed E-state index contributed by atoms with van der Waals surface area (Å²) in [5, 5.41) is 2.73. The van der Waals surface area contributed by atoms with Gasteiger partial charge in [-0.05, 0) is 19.1 Å². The number of carbonyl (C=O) groups excluding carboxylic acids is 1. The first kappa shape index (κ1) is 10.4. The molecule has 0 saturated heterocycles. The summed E-state index contributed by atoms with van der Waals surface area (Å²) >= 11 is 0. The van der Waals surface area contributed by atoms with Crippen LogP contribution in [0.25, 0.3) is 0 Å². The van der Waals surface area contributed by atoms with Gasteiger partial charge in [-0.25, -0.2) is 9.97 Å². The van der Waals surface area contributed by atoms with Crippen LogP contribution in [-0.4, -0.2) is 15.9 Å². The Bertz CT molecular complexity index is 480. The summed E-state index contributed by atoms with van der Waals surface area (Å²) in [5.74, 6) is 0.511. The molecule has 0 fully saturated rings. The van der Waals surface area contributed by atoms with Gasteiger partial charge < -0.3 is 9.73 Å². The summed E-state index contributed by atoms with van der Waals surface area (Å²) in [4.78, 5) is 19.5. The molecule has 0 spiro atoms. The Morgan fingerprint density at radius 3 is 3.12 bits per heavy atom. The first-order valence-corrected chi connectivity index (χ1v) is 4.84. The second-order valence-corrected chi connectivity index (χ2v) is 3.28. The molecule has 2 heterocycles. The molecule has 1 amide bonds. The van der Waals surface area contributed by atoms with Crippen LogP contribution in [0.2, 0.25) is 0 Å². The number of hydrogen-bond donors (Lipinski definition) is 1.